The van der Waals surface area contributed by atoms with Crippen LogP contribution in [-0.2, 0) is 9.53 Å². The summed E-state index contributed by atoms with van der Waals surface area (Å²) in [7, 11) is 1.33. The number of nitrogens with one attached hydrogen (secondary N) is 1. The van der Waals surface area contributed by atoms with Crippen molar-refractivity contribution in [3.05, 3.63) is 0 Å². The molecule has 6 nitrogen and oxygen atoms in total. The van der Waals surface area contributed by atoms with Gasteiger partial charge in [-0.1, -0.05) is 0 Å². The lowest BCUT2D eigenvalue weighted by molar-refractivity contribution is -0.130. The standard InChI is InChI=1S/C10H19N3O3/c1-16-10(15)12-8-4-6-13(7-8)9(14)3-2-5-11/h8H,2-7,11H2,1H3,(H,12,15). The third kappa shape index (κ3) is 3.69. The molecule has 0 saturated carbocycles. The molecule has 1 aliphatic rings. The molecular formula is C10H19N3O3. The quantitative estimate of drug-likeness (QED) is 0.692. The van der Waals surface area contributed by atoms with Crippen LogP contribution in [-0.4, -0.2) is 49.7 Å². The van der Waals surface area contributed by atoms with Gasteiger partial charge in [0.05, 0.1) is 13.2 Å². The third-order valence-electron chi connectivity index (χ3n) is 2.64. The first-order valence-electron chi connectivity index (χ1n) is 5.49. The second kappa shape index (κ2) is 6.32. The van der Waals surface area contributed by atoms with Gasteiger partial charge in [-0.2, -0.15) is 0 Å². The number of likely N-dealkylation sites (tertiary alicyclic amines) is 1. The van der Waals surface area contributed by atoms with Crippen molar-refractivity contribution in [1.82, 2.24) is 10.2 Å². The van der Waals surface area contributed by atoms with Crippen molar-refractivity contribution in [2.45, 2.75) is 25.3 Å². The Morgan fingerprint density at radius 2 is 2.31 bits per heavy atom. The monoisotopic (exact) mass is 229 g/mol. The molecule has 1 aliphatic heterocycles. The van der Waals surface area contributed by atoms with Gasteiger partial charge in [-0.3, -0.25) is 4.79 Å². The molecule has 1 atom stereocenters. The van der Waals surface area contributed by atoms with Crippen LogP contribution in [0, 0.1) is 0 Å². The first-order chi connectivity index (χ1) is 7.67. The second-order valence-corrected chi connectivity index (χ2v) is 3.85. The zero-order valence-corrected chi connectivity index (χ0v) is 9.57. The molecule has 92 valence electrons. The molecule has 6 heteroatoms. The van der Waals surface area contributed by atoms with Crippen LogP contribution < -0.4 is 11.1 Å². The summed E-state index contributed by atoms with van der Waals surface area (Å²) in [6, 6.07) is 0.00859. The molecule has 0 bridgehead atoms. The van der Waals surface area contributed by atoms with Gasteiger partial charge in [-0.25, -0.2) is 4.79 Å². The van der Waals surface area contributed by atoms with E-state index in [4.69, 9.17) is 5.73 Å². The van der Waals surface area contributed by atoms with Crippen molar-refractivity contribution in [1.29, 1.82) is 0 Å². The molecule has 0 aliphatic carbocycles. The molecule has 0 spiro atoms. The summed E-state index contributed by atoms with van der Waals surface area (Å²) >= 11 is 0. The van der Waals surface area contributed by atoms with E-state index in [1.807, 2.05) is 0 Å². The minimum absolute atomic E-state index is 0.00859. The summed E-state index contributed by atoms with van der Waals surface area (Å²) in [5, 5.41) is 2.69. The van der Waals surface area contributed by atoms with Crippen molar-refractivity contribution in [3.8, 4) is 0 Å². The highest BCUT2D eigenvalue weighted by molar-refractivity contribution is 5.76. The summed E-state index contributed by atoms with van der Waals surface area (Å²) in [5.41, 5.74) is 5.34. The van der Waals surface area contributed by atoms with Crippen molar-refractivity contribution in [2.75, 3.05) is 26.7 Å². The van der Waals surface area contributed by atoms with Gasteiger partial charge in [0.15, 0.2) is 0 Å². The molecule has 16 heavy (non-hydrogen) atoms. The average molecular weight is 229 g/mol. The van der Waals surface area contributed by atoms with Crippen LogP contribution in [0.1, 0.15) is 19.3 Å². The van der Waals surface area contributed by atoms with E-state index in [0.29, 0.717) is 32.5 Å². The van der Waals surface area contributed by atoms with Gasteiger partial charge >= 0.3 is 6.09 Å². The van der Waals surface area contributed by atoms with E-state index in [2.05, 4.69) is 10.1 Å². The number of hydrogen-bond acceptors (Lipinski definition) is 4. The molecule has 0 aromatic heterocycles. The number of alkyl carbamates (subject to hydrolysis) is 1. The number of hydrogen-bond donors (Lipinski definition) is 2. The molecule has 2 amide bonds. The number of methoxy groups -OCH3 is 1. The Kier molecular flexibility index (Phi) is 5.04. The lowest BCUT2D eigenvalue weighted by Crippen LogP contribution is -2.38. The third-order valence-corrected chi connectivity index (χ3v) is 2.64. The number of nitrogens with zero attached hydrogens (tertiary/aromatic N) is 1. The number of ether oxygens (including phenoxy) is 1. The maximum atomic E-state index is 11.6. The molecular weight excluding hydrogens is 210 g/mol. The largest absolute Gasteiger partial charge is 0.453 e. The highest BCUT2D eigenvalue weighted by atomic mass is 16.5. The Balaban J connectivity index is 2.28. The van der Waals surface area contributed by atoms with Crippen LogP contribution in [0.3, 0.4) is 0 Å². The normalized spacial score (nSPS) is 19.6. The van der Waals surface area contributed by atoms with Gasteiger partial charge in [-0.15, -0.1) is 0 Å². The predicted molar refractivity (Wildman–Crippen MR) is 58.8 cm³/mol. The van der Waals surface area contributed by atoms with Gasteiger partial charge in [0, 0.05) is 19.5 Å². The number of carbonyl (C=O) groups excluding carboxylic acids is 2. The van der Waals surface area contributed by atoms with E-state index in [-0.39, 0.29) is 11.9 Å². The van der Waals surface area contributed by atoms with Crippen LogP contribution in [0.4, 0.5) is 4.79 Å². The zero-order valence-electron chi connectivity index (χ0n) is 9.57. The van der Waals surface area contributed by atoms with Crippen molar-refractivity contribution < 1.29 is 14.3 Å². The second-order valence-electron chi connectivity index (χ2n) is 3.85. The average Bonchev–Trinajstić information content (AvgIpc) is 2.74. The number of amides is 2. The van der Waals surface area contributed by atoms with Crippen LogP contribution in [0.25, 0.3) is 0 Å². The molecule has 3 N–H and O–H groups in total. The Morgan fingerprint density at radius 3 is 2.94 bits per heavy atom. The first-order valence-corrected chi connectivity index (χ1v) is 5.49. The molecule has 1 unspecified atom stereocenters. The van der Waals surface area contributed by atoms with Crippen LogP contribution in [0.2, 0.25) is 0 Å². The molecule has 0 aromatic carbocycles. The van der Waals surface area contributed by atoms with Gasteiger partial charge in [-0.05, 0) is 19.4 Å². The van der Waals surface area contributed by atoms with E-state index < -0.39 is 6.09 Å². The number of carbonyl (C=O) groups is 2. The van der Waals surface area contributed by atoms with Gasteiger partial charge < -0.3 is 20.7 Å². The molecule has 1 saturated heterocycles. The SMILES string of the molecule is COC(=O)NC1CCN(C(=O)CCCN)C1. The summed E-state index contributed by atoms with van der Waals surface area (Å²) < 4.78 is 4.50. The predicted octanol–water partition coefficient (Wildman–Crippen LogP) is -0.318. The van der Waals surface area contributed by atoms with E-state index in [0.717, 1.165) is 6.42 Å². The number of nitrogens with two attached hydrogens (primary N) is 1. The Morgan fingerprint density at radius 1 is 1.56 bits per heavy atom. The van der Waals surface area contributed by atoms with E-state index in [1.165, 1.54) is 7.11 Å². The van der Waals surface area contributed by atoms with Crippen LogP contribution in [0.5, 0.6) is 0 Å². The fourth-order valence-corrected chi connectivity index (χ4v) is 1.74. The fraction of sp³-hybridized carbons (Fsp3) is 0.800. The number of rotatable bonds is 4. The van der Waals surface area contributed by atoms with Gasteiger partial charge in [0.2, 0.25) is 5.91 Å². The lowest BCUT2D eigenvalue weighted by Gasteiger charge is -2.16. The highest BCUT2D eigenvalue weighted by Gasteiger charge is 2.26. The summed E-state index contributed by atoms with van der Waals surface area (Å²) in [6.45, 7) is 1.79. The molecule has 1 fully saturated rings. The Labute approximate surface area is 95.1 Å². The maximum absolute atomic E-state index is 11.6. The topological polar surface area (TPSA) is 84.7 Å². The molecule has 0 radical (unpaired) electrons. The van der Waals surface area contributed by atoms with Crippen LogP contribution >= 0.6 is 0 Å². The van der Waals surface area contributed by atoms with Crippen molar-refractivity contribution in [2.24, 2.45) is 5.73 Å². The van der Waals surface area contributed by atoms with Crippen LogP contribution in [0.15, 0.2) is 0 Å². The fourth-order valence-electron chi connectivity index (χ4n) is 1.74. The maximum Gasteiger partial charge on any atom is 0.407 e. The lowest BCUT2D eigenvalue weighted by atomic mass is 10.3. The van der Waals surface area contributed by atoms with E-state index in [1.54, 1.807) is 4.90 Å². The smallest absolute Gasteiger partial charge is 0.407 e. The van der Waals surface area contributed by atoms with Gasteiger partial charge in [0.25, 0.3) is 0 Å². The van der Waals surface area contributed by atoms with Crippen molar-refractivity contribution in [3.63, 3.8) is 0 Å². The Bertz CT molecular complexity index is 258. The van der Waals surface area contributed by atoms with E-state index in [9.17, 15) is 9.59 Å². The minimum Gasteiger partial charge on any atom is -0.453 e. The zero-order chi connectivity index (χ0) is 12.0. The van der Waals surface area contributed by atoms with Crippen molar-refractivity contribution >= 4 is 12.0 Å². The summed E-state index contributed by atoms with van der Waals surface area (Å²) in [5.74, 6) is 0.111. The van der Waals surface area contributed by atoms with E-state index >= 15 is 0 Å². The minimum atomic E-state index is -0.443. The molecule has 1 heterocycles. The Hall–Kier alpha value is -1.30. The highest BCUT2D eigenvalue weighted by Crippen LogP contribution is 2.11. The first kappa shape index (κ1) is 12.8. The van der Waals surface area contributed by atoms with Gasteiger partial charge in [0.1, 0.15) is 0 Å². The molecule has 1 rings (SSSR count). The summed E-state index contributed by atoms with van der Waals surface area (Å²) in [6.07, 6.45) is 1.54. The molecule has 0 aromatic rings. The summed E-state index contributed by atoms with van der Waals surface area (Å²) in [4.78, 5) is 24.4.